The summed E-state index contributed by atoms with van der Waals surface area (Å²) in [5, 5.41) is 0. The minimum atomic E-state index is -0.0103. The van der Waals surface area contributed by atoms with Crippen molar-refractivity contribution >= 4 is 27.7 Å². The SMILES string of the molecule is O=C(COc1cccc(Br)c1)N1CCC(C(=O)N2CCCCC2)CC1. The Balaban J connectivity index is 1.43. The van der Waals surface area contributed by atoms with E-state index in [4.69, 9.17) is 4.74 Å². The van der Waals surface area contributed by atoms with Gasteiger partial charge in [0.25, 0.3) is 5.91 Å². The number of rotatable bonds is 4. The third-order valence-corrected chi connectivity index (χ3v) is 5.52. The van der Waals surface area contributed by atoms with Crippen LogP contribution < -0.4 is 4.74 Å². The first-order chi connectivity index (χ1) is 12.1. The molecule has 0 unspecified atom stereocenters. The molecule has 3 rings (SSSR count). The molecule has 2 aliphatic heterocycles. The smallest absolute Gasteiger partial charge is 0.260 e. The summed E-state index contributed by atoms with van der Waals surface area (Å²) in [6.07, 6.45) is 5.00. The molecule has 2 aliphatic rings. The first-order valence-electron chi connectivity index (χ1n) is 9.08. The zero-order valence-corrected chi connectivity index (χ0v) is 16.0. The Bertz CT molecular complexity index is 608. The van der Waals surface area contributed by atoms with Crippen LogP contribution in [0.1, 0.15) is 32.1 Å². The second-order valence-electron chi connectivity index (χ2n) is 6.79. The standard InChI is InChI=1S/C19H25BrN2O3/c20-16-5-4-6-17(13-16)25-14-18(23)21-11-7-15(8-12-21)19(24)22-9-2-1-3-10-22/h4-6,13,15H,1-3,7-12,14H2. The zero-order valence-electron chi connectivity index (χ0n) is 14.5. The number of piperidine rings is 2. The van der Waals surface area contributed by atoms with Gasteiger partial charge in [0.2, 0.25) is 5.91 Å². The van der Waals surface area contributed by atoms with E-state index in [0.29, 0.717) is 18.8 Å². The van der Waals surface area contributed by atoms with E-state index < -0.39 is 0 Å². The molecule has 2 heterocycles. The largest absolute Gasteiger partial charge is 0.484 e. The minimum absolute atomic E-state index is 0.0103. The van der Waals surface area contributed by atoms with Crippen LogP contribution in [-0.2, 0) is 9.59 Å². The van der Waals surface area contributed by atoms with Crippen LogP contribution >= 0.6 is 15.9 Å². The van der Waals surface area contributed by atoms with Gasteiger partial charge in [-0.25, -0.2) is 0 Å². The van der Waals surface area contributed by atoms with E-state index in [1.807, 2.05) is 34.1 Å². The van der Waals surface area contributed by atoms with Crippen molar-refractivity contribution in [2.75, 3.05) is 32.8 Å². The van der Waals surface area contributed by atoms with Crippen LogP contribution in [-0.4, -0.2) is 54.4 Å². The summed E-state index contributed by atoms with van der Waals surface area (Å²) < 4.78 is 6.50. The van der Waals surface area contributed by atoms with Crippen LogP contribution in [0.3, 0.4) is 0 Å². The highest BCUT2D eigenvalue weighted by atomic mass is 79.9. The van der Waals surface area contributed by atoms with Gasteiger partial charge in [-0.3, -0.25) is 9.59 Å². The Morgan fingerprint density at radius 1 is 1.04 bits per heavy atom. The maximum atomic E-state index is 12.6. The average molecular weight is 409 g/mol. The van der Waals surface area contributed by atoms with Gasteiger partial charge in [0.1, 0.15) is 5.75 Å². The van der Waals surface area contributed by atoms with Gasteiger partial charge < -0.3 is 14.5 Å². The molecule has 5 nitrogen and oxygen atoms in total. The molecule has 0 saturated carbocycles. The van der Waals surface area contributed by atoms with Gasteiger partial charge in [0.15, 0.2) is 6.61 Å². The molecule has 0 N–H and O–H groups in total. The molecule has 0 aromatic heterocycles. The molecular formula is C19H25BrN2O3. The lowest BCUT2D eigenvalue weighted by Gasteiger charge is -2.35. The molecule has 1 aromatic carbocycles. The molecule has 2 amide bonds. The van der Waals surface area contributed by atoms with Crippen LogP contribution in [0.5, 0.6) is 5.75 Å². The van der Waals surface area contributed by atoms with Crippen molar-refractivity contribution in [3.63, 3.8) is 0 Å². The number of carbonyl (C=O) groups excluding carboxylic acids is 2. The van der Waals surface area contributed by atoms with Gasteiger partial charge in [0.05, 0.1) is 0 Å². The number of hydrogen-bond donors (Lipinski definition) is 0. The Morgan fingerprint density at radius 3 is 2.44 bits per heavy atom. The summed E-state index contributed by atoms with van der Waals surface area (Å²) in [7, 11) is 0. The summed E-state index contributed by atoms with van der Waals surface area (Å²) in [5.74, 6) is 1.03. The van der Waals surface area contributed by atoms with Crippen LogP contribution in [0.15, 0.2) is 28.7 Å². The predicted octanol–water partition coefficient (Wildman–Crippen LogP) is 3.08. The second-order valence-corrected chi connectivity index (χ2v) is 7.70. The van der Waals surface area contributed by atoms with Gasteiger partial charge in [-0.2, -0.15) is 0 Å². The lowest BCUT2D eigenvalue weighted by atomic mass is 9.94. The average Bonchev–Trinajstić information content (AvgIpc) is 2.66. The summed E-state index contributed by atoms with van der Waals surface area (Å²) in [4.78, 5) is 28.7. The fourth-order valence-electron chi connectivity index (χ4n) is 3.54. The third-order valence-electron chi connectivity index (χ3n) is 5.02. The van der Waals surface area contributed by atoms with Crippen molar-refractivity contribution in [1.29, 1.82) is 0 Å². The van der Waals surface area contributed by atoms with E-state index in [9.17, 15) is 9.59 Å². The molecule has 6 heteroatoms. The highest BCUT2D eigenvalue weighted by Crippen LogP contribution is 2.22. The normalized spacial score (nSPS) is 18.9. The van der Waals surface area contributed by atoms with Crippen molar-refractivity contribution in [3.05, 3.63) is 28.7 Å². The van der Waals surface area contributed by atoms with Gasteiger partial charge in [-0.05, 0) is 50.3 Å². The third kappa shape index (κ3) is 4.97. The van der Waals surface area contributed by atoms with E-state index in [0.717, 1.165) is 43.2 Å². The Hall–Kier alpha value is -1.56. The molecule has 1 aromatic rings. The minimum Gasteiger partial charge on any atom is -0.484 e. The maximum absolute atomic E-state index is 12.6. The van der Waals surface area contributed by atoms with E-state index >= 15 is 0 Å². The molecule has 2 saturated heterocycles. The summed E-state index contributed by atoms with van der Waals surface area (Å²) in [6, 6.07) is 7.47. The zero-order chi connectivity index (χ0) is 17.6. The van der Waals surface area contributed by atoms with Crippen LogP contribution in [0.25, 0.3) is 0 Å². The van der Waals surface area contributed by atoms with Crippen LogP contribution in [0.4, 0.5) is 0 Å². The fraction of sp³-hybridized carbons (Fsp3) is 0.579. The fourth-order valence-corrected chi connectivity index (χ4v) is 3.92. The number of benzene rings is 1. The number of amides is 2. The number of halogens is 1. The van der Waals surface area contributed by atoms with Crippen LogP contribution in [0, 0.1) is 5.92 Å². The molecular weight excluding hydrogens is 384 g/mol. The van der Waals surface area contributed by atoms with E-state index in [1.54, 1.807) is 0 Å². The quantitative estimate of drug-likeness (QED) is 0.768. The monoisotopic (exact) mass is 408 g/mol. The Labute approximate surface area is 157 Å². The van der Waals surface area contributed by atoms with E-state index in [-0.39, 0.29) is 24.3 Å². The number of nitrogens with zero attached hydrogens (tertiary/aromatic N) is 2. The van der Waals surface area contributed by atoms with Crippen molar-refractivity contribution in [3.8, 4) is 5.75 Å². The molecule has 0 radical (unpaired) electrons. The van der Waals surface area contributed by atoms with Gasteiger partial charge in [-0.1, -0.05) is 22.0 Å². The second kappa shape index (κ2) is 8.70. The Morgan fingerprint density at radius 2 is 1.76 bits per heavy atom. The molecule has 0 bridgehead atoms. The molecule has 0 spiro atoms. The molecule has 0 atom stereocenters. The first kappa shape index (κ1) is 18.2. The number of ether oxygens (including phenoxy) is 1. The van der Waals surface area contributed by atoms with Crippen molar-refractivity contribution in [2.45, 2.75) is 32.1 Å². The first-order valence-corrected chi connectivity index (χ1v) is 9.88. The summed E-state index contributed by atoms with van der Waals surface area (Å²) >= 11 is 3.39. The summed E-state index contributed by atoms with van der Waals surface area (Å²) in [5.41, 5.74) is 0. The Kier molecular flexibility index (Phi) is 6.34. The topological polar surface area (TPSA) is 49.9 Å². The maximum Gasteiger partial charge on any atom is 0.260 e. The van der Waals surface area contributed by atoms with Crippen LogP contribution in [0.2, 0.25) is 0 Å². The lowest BCUT2D eigenvalue weighted by Crippen LogP contribution is -2.46. The van der Waals surface area contributed by atoms with Gasteiger partial charge >= 0.3 is 0 Å². The number of likely N-dealkylation sites (tertiary alicyclic amines) is 2. The summed E-state index contributed by atoms with van der Waals surface area (Å²) in [6.45, 7) is 3.13. The highest BCUT2D eigenvalue weighted by Gasteiger charge is 2.30. The number of carbonyl (C=O) groups is 2. The molecule has 0 aliphatic carbocycles. The van der Waals surface area contributed by atoms with Crippen molar-refractivity contribution < 1.29 is 14.3 Å². The number of hydrogen-bond acceptors (Lipinski definition) is 3. The van der Waals surface area contributed by atoms with E-state index in [1.165, 1.54) is 6.42 Å². The molecule has 2 fully saturated rings. The van der Waals surface area contributed by atoms with Crippen molar-refractivity contribution in [2.24, 2.45) is 5.92 Å². The predicted molar refractivity (Wildman–Crippen MR) is 99.4 cm³/mol. The molecule has 25 heavy (non-hydrogen) atoms. The van der Waals surface area contributed by atoms with Gasteiger partial charge in [0, 0.05) is 36.6 Å². The van der Waals surface area contributed by atoms with Gasteiger partial charge in [-0.15, -0.1) is 0 Å². The lowest BCUT2D eigenvalue weighted by molar-refractivity contribution is -0.142. The van der Waals surface area contributed by atoms with Crippen molar-refractivity contribution in [1.82, 2.24) is 9.80 Å². The highest BCUT2D eigenvalue weighted by molar-refractivity contribution is 9.10. The van der Waals surface area contributed by atoms with E-state index in [2.05, 4.69) is 15.9 Å². The molecule has 136 valence electrons.